The molecule has 0 fully saturated rings. The molecule has 3 amide bonds. The average Bonchev–Trinajstić information content (AvgIpc) is 2.69. The first-order valence-corrected chi connectivity index (χ1v) is 8.27. The van der Waals surface area contributed by atoms with Crippen molar-refractivity contribution in [1.82, 2.24) is 10.9 Å². The fourth-order valence-corrected chi connectivity index (χ4v) is 2.70. The Bertz CT molecular complexity index is 969. The summed E-state index contributed by atoms with van der Waals surface area (Å²) in [6.07, 6.45) is -0.123. The van der Waals surface area contributed by atoms with Gasteiger partial charge in [0.25, 0.3) is 5.91 Å². The summed E-state index contributed by atoms with van der Waals surface area (Å²) in [7, 11) is 0. The van der Waals surface area contributed by atoms with Crippen LogP contribution in [0.2, 0.25) is 0 Å². The number of nitrogens with zero attached hydrogens (tertiary/aromatic N) is 1. The maximum Gasteiger partial charge on any atom is 0.276 e. The highest BCUT2D eigenvalue weighted by molar-refractivity contribution is 6.01. The van der Waals surface area contributed by atoms with E-state index in [0.717, 1.165) is 6.07 Å². The fourth-order valence-electron chi connectivity index (χ4n) is 2.70. The standard InChI is InChI=1S/C19H15FN4O4/c20-12-3-6-14-15(8-17(25)22-16(14)7-12)19(27)24-23-18(26)10-28-13-4-1-11(9-21)2-5-13/h1-7,15H,8,10H2,(H,22,25)(H,23,26)(H,24,27). The van der Waals surface area contributed by atoms with E-state index < -0.39 is 29.5 Å². The number of anilines is 1. The van der Waals surface area contributed by atoms with Crippen molar-refractivity contribution in [3.8, 4) is 11.8 Å². The van der Waals surface area contributed by atoms with Crippen LogP contribution in [0.3, 0.4) is 0 Å². The van der Waals surface area contributed by atoms with E-state index in [2.05, 4.69) is 16.2 Å². The highest BCUT2D eigenvalue weighted by Gasteiger charge is 2.31. The van der Waals surface area contributed by atoms with E-state index in [0.29, 0.717) is 16.9 Å². The molecule has 0 aliphatic carbocycles. The van der Waals surface area contributed by atoms with Gasteiger partial charge in [0, 0.05) is 12.1 Å². The van der Waals surface area contributed by atoms with Crippen LogP contribution in [0.5, 0.6) is 5.75 Å². The zero-order chi connectivity index (χ0) is 20.1. The van der Waals surface area contributed by atoms with Gasteiger partial charge in [0.15, 0.2) is 6.61 Å². The predicted octanol–water partition coefficient (Wildman–Crippen LogP) is 1.35. The number of nitrogens with one attached hydrogen (secondary N) is 3. The first kappa shape index (κ1) is 18.8. The van der Waals surface area contributed by atoms with Crippen molar-refractivity contribution in [3.63, 3.8) is 0 Å². The number of benzene rings is 2. The number of hydrogen-bond donors (Lipinski definition) is 3. The van der Waals surface area contributed by atoms with E-state index in [1.54, 1.807) is 24.3 Å². The molecule has 0 bridgehead atoms. The number of ether oxygens (including phenoxy) is 1. The maximum absolute atomic E-state index is 13.3. The number of rotatable bonds is 4. The maximum atomic E-state index is 13.3. The van der Waals surface area contributed by atoms with Gasteiger partial charge >= 0.3 is 0 Å². The smallest absolute Gasteiger partial charge is 0.276 e. The monoisotopic (exact) mass is 382 g/mol. The number of carbonyl (C=O) groups excluding carboxylic acids is 3. The van der Waals surface area contributed by atoms with E-state index in [4.69, 9.17) is 10.00 Å². The number of hydrazine groups is 1. The van der Waals surface area contributed by atoms with Crippen molar-refractivity contribution in [3.05, 3.63) is 59.4 Å². The zero-order valence-electron chi connectivity index (χ0n) is 14.5. The second-order valence-corrected chi connectivity index (χ2v) is 6.00. The third kappa shape index (κ3) is 4.42. The number of fused-ring (bicyclic) bond motifs is 1. The Labute approximate surface area is 159 Å². The van der Waals surface area contributed by atoms with Gasteiger partial charge in [-0.15, -0.1) is 0 Å². The molecule has 0 aromatic heterocycles. The second kappa shape index (κ2) is 8.18. The van der Waals surface area contributed by atoms with E-state index in [1.165, 1.54) is 12.1 Å². The lowest BCUT2D eigenvalue weighted by molar-refractivity contribution is -0.131. The molecule has 1 aliphatic rings. The van der Waals surface area contributed by atoms with Gasteiger partial charge in [-0.25, -0.2) is 4.39 Å². The Morgan fingerprint density at radius 3 is 2.68 bits per heavy atom. The molecule has 0 radical (unpaired) electrons. The van der Waals surface area contributed by atoms with Crippen LogP contribution >= 0.6 is 0 Å². The summed E-state index contributed by atoms with van der Waals surface area (Å²) in [6.45, 7) is -0.362. The van der Waals surface area contributed by atoms with Crippen molar-refractivity contribution < 1.29 is 23.5 Å². The Morgan fingerprint density at radius 1 is 1.21 bits per heavy atom. The van der Waals surface area contributed by atoms with Gasteiger partial charge in [-0.3, -0.25) is 25.2 Å². The lowest BCUT2D eigenvalue weighted by Gasteiger charge is -2.24. The molecular weight excluding hydrogens is 367 g/mol. The summed E-state index contributed by atoms with van der Waals surface area (Å²) >= 11 is 0. The summed E-state index contributed by atoms with van der Waals surface area (Å²) < 4.78 is 18.6. The predicted molar refractivity (Wildman–Crippen MR) is 95.3 cm³/mol. The lowest BCUT2D eigenvalue weighted by atomic mass is 9.90. The molecule has 1 unspecified atom stereocenters. The summed E-state index contributed by atoms with van der Waals surface area (Å²) in [5.74, 6) is -2.64. The zero-order valence-corrected chi connectivity index (χ0v) is 14.5. The van der Waals surface area contributed by atoms with Crippen molar-refractivity contribution in [2.24, 2.45) is 0 Å². The Morgan fingerprint density at radius 2 is 1.96 bits per heavy atom. The van der Waals surface area contributed by atoms with Crippen molar-refractivity contribution >= 4 is 23.4 Å². The molecule has 28 heavy (non-hydrogen) atoms. The van der Waals surface area contributed by atoms with Gasteiger partial charge in [-0.1, -0.05) is 6.07 Å². The summed E-state index contributed by atoms with van der Waals surface area (Å²) in [5.41, 5.74) is 5.60. The Balaban J connectivity index is 1.54. The molecule has 9 heteroatoms. The van der Waals surface area contributed by atoms with Crippen LogP contribution in [0.25, 0.3) is 0 Å². The molecule has 0 spiro atoms. The largest absolute Gasteiger partial charge is 0.484 e. The van der Waals surface area contributed by atoms with E-state index >= 15 is 0 Å². The fraction of sp³-hybridized carbons (Fsp3) is 0.158. The van der Waals surface area contributed by atoms with Gasteiger partial charge in [0.2, 0.25) is 11.8 Å². The first-order valence-electron chi connectivity index (χ1n) is 8.27. The van der Waals surface area contributed by atoms with Gasteiger partial charge < -0.3 is 10.1 Å². The molecule has 0 saturated heterocycles. The number of nitriles is 1. The molecule has 0 saturated carbocycles. The van der Waals surface area contributed by atoms with Crippen LogP contribution in [0.1, 0.15) is 23.5 Å². The molecule has 3 N–H and O–H groups in total. The van der Waals surface area contributed by atoms with Crippen molar-refractivity contribution in [1.29, 1.82) is 5.26 Å². The first-order chi connectivity index (χ1) is 13.5. The quantitative estimate of drug-likeness (QED) is 0.690. The molecule has 3 rings (SSSR count). The van der Waals surface area contributed by atoms with E-state index in [-0.39, 0.29) is 18.7 Å². The van der Waals surface area contributed by atoms with Gasteiger partial charge in [0.05, 0.1) is 17.6 Å². The van der Waals surface area contributed by atoms with Crippen molar-refractivity contribution in [2.75, 3.05) is 11.9 Å². The normalized spacial score (nSPS) is 14.9. The molecule has 1 heterocycles. The molecule has 142 valence electrons. The topological polar surface area (TPSA) is 120 Å². The third-order valence-corrected chi connectivity index (χ3v) is 4.05. The molecule has 8 nitrogen and oxygen atoms in total. The minimum absolute atomic E-state index is 0.123. The molecular formula is C19H15FN4O4. The summed E-state index contributed by atoms with van der Waals surface area (Å²) in [4.78, 5) is 36.0. The Kier molecular flexibility index (Phi) is 5.50. The number of halogens is 1. The van der Waals surface area contributed by atoms with Gasteiger partial charge in [0.1, 0.15) is 11.6 Å². The van der Waals surface area contributed by atoms with Crippen LogP contribution in [-0.4, -0.2) is 24.3 Å². The van der Waals surface area contributed by atoms with Crippen LogP contribution < -0.4 is 20.9 Å². The second-order valence-electron chi connectivity index (χ2n) is 6.00. The van der Waals surface area contributed by atoms with Gasteiger partial charge in [-0.2, -0.15) is 5.26 Å². The van der Waals surface area contributed by atoms with Crippen LogP contribution in [0, 0.1) is 17.1 Å². The molecule has 2 aromatic carbocycles. The minimum Gasteiger partial charge on any atom is -0.484 e. The summed E-state index contributed by atoms with van der Waals surface area (Å²) in [6, 6.07) is 11.9. The average molecular weight is 382 g/mol. The van der Waals surface area contributed by atoms with Crippen molar-refractivity contribution in [2.45, 2.75) is 12.3 Å². The van der Waals surface area contributed by atoms with Crippen LogP contribution in [0.4, 0.5) is 10.1 Å². The molecule has 2 aromatic rings. The number of carbonyl (C=O) groups is 3. The van der Waals surface area contributed by atoms with E-state index in [1.807, 2.05) is 6.07 Å². The highest BCUT2D eigenvalue weighted by Crippen LogP contribution is 2.32. The van der Waals surface area contributed by atoms with E-state index in [9.17, 15) is 18.8 Å². The lowest BCUT2D eigenvalue weighted by Crippen LogP contribution is -2.47. The Hall–Kier alpha value is -3.93. The number of amides is 3. The summed E-state index contributed by atoms with van der Waals surface area (Å²) in [5, 5.41) is 11.2. The molecule has 1 atom stereocenters. The third-order valence-electron chi connectivity index (χ3n) is 4.05. The number of hydrogen-bond acceptors (Lipinski definition) is 5. The SMILES string of the molecule is N#Cc1ccc(OCC(=O)NNC(=O)C2CC(=O)Nc3cc(F)ccc32)cc1. The van der Waals surface area contributed by atoms with Crippen LogP contribution in [-0.2, 0) is 14.4 Å². The van der Waals surface area contributed by atoms with Gasteiger partial charge in [-0.05, 0) is 42.0 Å². The molecule has 1 aliphatic heterocycles. The van der Waals surface area contributed by atoms with Crippen LogP contribution in [0.15, 0.2) is 42.5 Å². The highest BCUT2D eigenvalue weighted by atomic mass is 19.1. The minimum atomic E-state index is -0.857.